The Balaban J connectivity index is 1.52. The molecule has 1 aliphatic carbocycles. The molecule has 44 heavy (non-hydrogen) atoms. The number of nitrogens with zero attached hydrogens (tertiary/aromatic N) is 2. The van der Waals surface area contributed by atoms with Gasteiger partial charge in [0.25, 0.3) is 0 Å². The highest BCUT2D eigenvalue weighted by molar-refractivity contribution is 7.92. The van der Waals surface area contributed by atoms with Crippen molar-refractivity contribution in [3.8, 4) is 11.5 Å². The van der Waals surface area contributed by atoms with Crippen molar-refractivity contribution in [2.24, 2.45) is 0 Å². The normalized spacial score (nSPS) is 15.4. The third-order valence-corrected chi connectivity index (χ3v) is 9.98. The number of carbonyl (C=O) groups is 2. The van der Waals surface area contributed by atoms with Crippen LogP contribution in [0.3, 0.4) is 0 Å². The van der Waals surface area contributed by atoms with Gasteiger partial charge in [-0.1, -0.05) is 66.9 Å². The molecule has 9 nitrogen and oxygen atoms in total. The number of ether oxygens (including phenoxy) is 2. The van der Waals surface area contributed by atoms with Gasteiger partial charge in [-0.05, 0) is 55.2 Å². The zero-order valence-electron chi connectivity index (χ0n) is 24.8. The SMILES string of the molecule is CCS(=O)(=O)N(CC(=O)N(Cc1cccc(Cl)c1)C(Cc1ccccc1)C(=O)NC1CCCC1)c1ccc2c(c1)OCCO2. The molecule has 1 unspecified atom stereocenters. The number of carbonyl (C=O) groups excluding carboxylic acids is 2. The first-order valence-electron chi connectivity index (χ1n) is 15.0. The molecule has 2 aliphatic rings. The fourth-order valence-electron chi connectivity index (χ4n) is 5.66. The van der Waals surface area contributed by atoms with Gasteiger partial charge in [-0.25, -0.2) is 8.42 Å². The number of sulfonamides is 1. The van der Waals surface area contributed by atoms with Gasteiger partial charge in [-0.3, -0.25) is 13.9 Å². The lowest BCUT2D eigenvalue weighted by atomic mass is 10.0. The summed E-state index contributed by atoms with van der Waals surface area (Å²) in [4.78, 5) is 29.9. The first-order chi connectivity index (χ1) is 21.2. The van der Waals surface area contributed by atoms with E-state index in [1.807, 2.05) is 36.4 Å². The van der Waals surface area contributed by atoms with Crippen molar-refractivity contribution >= 4 is 39.1 Å². The summed E-state index contributed by atoms with van der Waals surface area (Å²) in [6, 6.07) is 20.6. The predicted octanol–water partition coefficient (Wildman–Crippen LogP) is 4.97. The molecule has 0 saturated heterocycles. The molecule has 1 aliphatic heterocycles. The second-order valence-corrected chi connectivity index (χ2v) is 13.7. The average Bonchev–Trinajstić information content (AvgIpc) is 3.54. The molecule has 3 aromatic rings. The molecule has 5 rings (SSSR count). The van der Waals surface area contributed by atoms with E-state index in [1.165, 1.54) is 11.8 Å². The van der Waals surface area contributed by atoms with Crippen LogP contribution in [-0.4, -0.2) is 62.7 Å². The topological polar surface area (TPSA) is 105 Å². The molecule has 0 radical (unpaired) electrons. The minimum absolute atomic E-state index is 0.0403. The maximum atomic E-state index is 14.4. The van der Waals surface area contributed by atoms with Gasteiger partial charge in [-0.2, -0.15) is 0 Å². The van der Waals surface area contributed by atoms with Crippen molar-refractivity contribution in [3.05, 3.63) is 88.9 Å². The van der Waals surface area contributed by atoms with Crippen molar-refractivity contribution < 1.29 is 27.5 Å². The molecule has 2 amide bonds. The Kier molecular flexibility index (Phi) is 10.3. The largest absolute Gasteiger partial charge is 0.486 e. The minimum atomic E-state index is -3.90. The van der Waals surface area contributed by atoms with E-state index in [0.717, 1.165) is 41.1 Å². The van der Waals surface area contributed by atoms with E-state index >= 15 is 0 Å². The van der Waals surface area contributed by atoms with Gasteiger partial charge in [0.05, 0.1) is 11.4 Å². The van der Waals surface area contributed by atoms with Crippen LogP contribution in [0.5, 0.6) is 11.5 Å². The van der Waals surface area contributed by atoms with Crippen LogP contribution < -0.4 is 19.1 Å². The van der Waals surface area contributed by atoms with Crippen LogP contribution in [0.4, 0.5) is 5.69 Å². The summed E-state index contributed by atoms with van der Waals surface area (Å²) >= 11 is 6.30. The van der Waals surface area contributed by atoms with Gasteiger partial charge in [-0.15, -0.1) is 0 Å². The number of fused-ring (bicyclic) bond motifs is 1. The zero-order chi connectivity index (χ0) is 31.1. The first-order valence-corrected chi connectivity index (χ1v) is 17.0. The first kappa shape index (κ1) is 31.7. The molecular formula is C33H38ClN3O6S. The second-order valence-electron chi connectivity index (χ2n) is 11.1. The van der Waals surface area contributed by atoms with Crippen LogP contribution >= 0.6 is 11.6 Å². The molecule has 3 aromatic carbocycles. The number of amides is 2. The summed E-state index contributed by atoms with van der Waals surface area (Å²) in [5, 5.41) is 3.67. The summed E-state index contributed by atoms with van der Waals surface area (Å²) in [6.07, 6.45) is 4.12. The Hall–Kier alpha value is -3.76. The van der Waals surface area contributed by atoms with Crippen molar-refractivity contribution in [2.75, 3.05) is 29.8 Å². The van der Waals surface area contributed by atoms with Crippen molar-refractivity contribution in [2.45, 2.75) is 57.7 Å². The summed E-state index contributed by atoms with van der Waals surface area (Å²) in [7, 11) is -3.90. The number of halogens is 1. The Bertz CT molecular complexity index is 1560. The Morgan fingerprint density at radius 2 is 1.64 bits per heavy atom. The van der Waals surface area contributed by atoms with E-state index < -0.39 is 28.5 Å². The summed E-state index contributed by atoms with van der Waals surface area (Å²) in [5.41, 5.74) is 1.89. The van der Waals surface area contributed by atoms with Crippen molar-refractivity contribution in [1.82, 2.24) is 10.2 Å². The van der Waals surface area contributed by atoms with Crippen LogP contribution in [0, 0.1) is 0 Å². The molecule has 1 heterocycles. The summed E-state index contributed by atoms with van der Waals surface area (Å²) in [5.74, 6) is -0.0845. The zero-order valence-corrected chi connectivity index (χ0v) is 26.4. The van der Waals surface area contributed by atoms with E-state index in [9.17, 15) is 18.0 Å². The van der Waals surface area contributed by atoms with E-state index in [-0.39, 0.29) is 36.4 Å². The maximum Gasteiger partial charge on any atom is 0.244 e. The molecule has 1 fully saturated rings. The van der Waals surface area contributed by atoms with E-state index in [1.54, 1.807) is 36.4 Å². The molecule has 1 atom stereocenters. The number of nitrogens with one attached hydrogen (secondary N) is 1. The van der Waals surface area contributed by atoms with Gasteiger partial charge >= 0.3 is 0 Å². The van der Waals surface area contributed by atoms with E-state index in [2.05, 4.69) is 5.32 Å². The van der Waals surface area contributed by atoms with Crippen LogP contribution in [0.1, 0.15) is 43.7 Å². The minimum Gasteiger partial charge on any atom is -0.486 e. The lowest BCUT2D eigenvalue weighted by molar-refractivity contribution is -0.140. The molecule has 0 bridgehead atoms. The maximum absolute atomic E-state index is 14.4. The summed E-state index contributed by atoms with van der Waals surface area (Å²) in [6.45, 7) is 1.82. The number of rotatable bonds is 12. The smallest absolute Gasteiger partial charge is 0.244 e. The highest BCUT2D eigenvalue weighted by Gasteiger charge is 2.35. The van der Waals surface area contributed by atoms with Crippen molar-refractivity contribution in [1.29, 1.82) is 0 Å². The standard InChI is InChI=1S/C33H38ClN3O6S/c1-2-44(40,41)37(28-15-16-30-31(21-28)43-18-17-42-30)23-32(38)36(22-25-11-8-12-26(34)19-25)29(20-24-9-4-3-5-10-24)33(39)35-27-13-6-7-14-27/h3-5,8-12,15-16,19,21,27,29H,2,6-7,13-14,17-18,20,22-23H2,1H3,(H,35,39). The third kappa shape index (κ3) is 7.84. The van der Waals surface area contributed by atoms with Crippen LogP contribution in [0.25, 0.3) is 0 Å². The van der Waals surface area contributed by atoms with Gasteiger partial charge in [0.15, 0.2) is 11.5 Å². The molecule has 0 spiro atoms. The Morgan fingerprint density at radius 1 is 0.932 bits per heavy atom. The molecule has 1 N–H and O–H groups in total. The lowest BCUT2D eigenvalue weighted by Crippen LogP contribution is -2.54. The van der Waals surface area contributed by atoms with Crippen LogP contribution in [0.15, 0.2) is 72.8 Å². The predicted molar refractivity (Wildman–Crippen MR) is 171 cm³/mol. The fraction of sp³-hybridized carbons (Fsp3) is 0.394. The van der Waals surface area contributed by atoms with Crippen molar-refractivity contribution in [3.63, 3.8) is 0 Å². The molecule has 11 heteroatoms. The molecule has 1 saturated carbocycles. The number of anilines is 1. The fourth-order valence-corrected chi connectivity index (χ4v) is 6.93. The van der Waals surface area contributed by atoms with E-state index in [0.29, 0.717) is 29.7 Å². The number of benzene rings is 3. The number of hydrogen-bond acceptors (Lipinski definition) is 6. The Morgan fingerprint density at radius 3 is 2.34 bits per heavy atom. The molecule has 0 aromatic heterocycles. The van der Waals surface area contributed by atoms with Crippen LogP contribution in [0.2, 0.25) is 5.02 Å². The average molecular weight is 640 g/mol. The second kappa shape index (κ2) is 14.3. The highest BCUT2D eigenvalue weighted by Crippen LogP contribution is 2.35. The van der Waals surface area contributed by atoms with E-state index in [4.69, 9.17) is 21.1 Å². The Labute approximate surface area is 264 Å². The quantitative estimate of drug-likeness (QED) is 0.300. The highest BCUT2D eigenvalue weighted by atomic mass is 35.5. The lowest BCUT2D eigenvalue weighted by Gasteiger charge is -2.34. The van der Waals surface area contributed by atoms with Crippen LogP contribution in [-0.2, 0) is 32.6 Å². The molecular weight excluding hydrogens is 602 g/mol. The molecule has 234 valence electrons. The van der Waals surface area contributed by atoms with Gasteiger partial charge in [0.1, 0.15) is 25.8 Å². The summed E-state index contributed by atoms with van der Waals surface area (Å²) < 4.78 is 39.3. The third-order valence-electron chi connectivity index (χ3n) is 8.01. The van der Waals surface area contributed by atoms with Gasteiger partial charge in [0.2, 0.25) is 21.8 Å². The van der Waals surface area contributed by atoms with Gasteiger partial charge < -0.3 is 19.7 Å². The van der Waals surface area contributed by atoms with Gasteiger partial charge in [0, 0.05) is 30.1 Å². The monoisotopic (exact) mass is 639 g/mol. The number of hydrogen-bond donors (Lipinski definition) is 1.